The van der Waals surface area contributed by atoms with Crippen molar-refractivity contribution in [1.29, 1.82) is 0 Å². The molecule has 0 fully saturated rings. The number of rotatable bonds is 3. The molecule has 0 amide bonds. The Morgan fingerprint density at radius 2 is 1.95 bits per heavy atom. The maximum atomic E-state index is 13.0. The Kier molecular flexibility index (Phi) is 3.50. The second kappa shape index (κ2) is 5.48. The molecule has 22 heavy (non-hydrogen) atoms. The lowest BCUT2D eigenvalue weighted by atomic mass is 10.1. The highest BCUT2D eigenvalue weighted by molar-refractivity contribution is 6.00. The van der Waals surface area contributed by atoms with Crippen LogP contribution in [0.2, 0.25) is 0 Å². The van der Waals surface area contributed by atoms with Crippen molar-refractivity contribution < 1.29 is 18.7 Å². The second-order valence-electron chi connectivity index (χ2n) is 4.65. The molecule has 0 saturated heterocycles. The van der Waals surface area contributed by atoms with Gasteiger partial charge in [-0.25, -0.2) is 14.2 Å². The van der Waals surface area contributed by atoms with Gasteiger partial charge in [0.25, 0.3) is 0 Å². The highest BCUT2D eigenvalue weighted by atomic mass is 19.1. The number of hydrogen-bond acceptors (Lipinski definition) is 4. The molecule has 3 aromatic rings. The van der Waals surface area contributed by atoms with Gasteiger partial charge in [-0.15, -0.1) is 0 Å². The third kappa shape index (κ3) is 2.28. The Morgan fingerprint density at radius 1 is 1.23 bits per heavy atom. The monoisotopic (exact) mass is 300 g/mol. The highest BCUT2D eigenvalue weighted by Gasteiger charge is 2.18. The van der Waals surface area contributed by atoms with Gasteiger partial charge in [0.1, 0.15) is 22.8 Å². The van der Waals surface area contributed by atoms with E-state index in [9.17, 15) is 9.18 Å². The first-order valence-electron chi connectivity index (χ1n) is 6.54. The maximum Gasteiger partial charge on any atom is 0.343 e. The molecule has 0 radical (unpaired) electrons. The SMILES string of the molecule is COC(=O)c1cnc2[nH]c(-c3ccc(F)cc3)cc2c1OC. The fourth-order valence-corrected chi connectivity index (χ4v) is 2.31. The average Bonchev–Trinajstić information content (AvgIpc) is 2.97. The van der Waals surface area contributed by atoms with Gasteiger partial charge >= 0.3 is 5.97 Å². The van der Waals surface area contributed by atoms with E-state index in [1.807, 2.05) is 0 Å². The molecule has 0 atom stereocenters. The number of carbonyl (C=O) groups is 1. The second-order valence-corrected chi connectivity index (χ2v) is 4.65. The quantitative estimate of drug-likeness (QED) is 0.755. The number of pyridine rings is 1. The normalized spacial score (nSPS) is 10.7. The summed E-state index contributed by atoms with van der Waals surface area (Å²) in [6.45, 7) is 0. The Labute approximate surface area is 125 Å². The van der Waals surface area contributed by atoms with E-state index in [0.717, 1.165) is 11.3 Å². The third-order valence-corrected chi connectivity index (χ3v) is 3.37. The van der Waals surface area contributed by atoms with Gasteiger partial charge in [-0.05, 0) is 35.9 Å². The van der Waals surface area contributed by atoms with Gasteiger partial charge in [-0.3, -0.25) is 0 Å². The van der Waals surface area contributed by atoms with Crippen LogP contribution in [0, 0.1) is 5.82 Å². The van der Waals surface area contributed by atoms with Crippen LogP contribution >= 0.6 is 0 Å². The molecule has 6 heteroatoms. The van der Waals surface area contributed by atoms with Gasteiger partial charge in [-0.2, -0.15) is 0 Å². The van der Waals surface area contributed by atoms with Crippen molar-refractivity contribution in [2.75, 3.05) is 14.2 Å². The summed E-state index contributed by atoms with van der Waals surface area (Å²) in [6, 6.07) is 7.89. The number of H-pyrrole nitrogens is 1. The first-order chi connectivity index (χ1) is 10.6. The maximum absolute atomic E-state index is 13.0. The molecule has 2 aromatic heterocycles. The molecule has 1 N–H and O–H groups in total. The molecule has 0 aliphatic rings. The summed E-state index contributed by atoms with van der Waals surface area (Å²) in [4.78, 5) is 19.1. The van der Waals surface area contributed by atoms with Crippen molar-refractivity contribution in [2.24, 2.45) is 0 Å². The van der Waals surface area contributed by atoms with Crippen LogP contribution in [0.5, 0.6) is 5.75 Å². The van der Waals surface area contributed by atoms with E-state index >= 15 is 0 Å². The van der Waals surface area contributed by atoms with Crippen molar-refractivity contribution >= 4 is 17.0 Å². The fraction of sp³-hybridized carbons (Fsp3) is 0.125. The van der Waals surface area contributed by atoms with Crippen LogP contribution < -0.4 is 4.74 Å². The molecule has 2 heterocycles. The van der Waals surface area contributed by atoms with E-state index < -0.39 is 5.97 Å². The highest BCUT2D eigenvalue weighted by Crippen LogP contribution is 2.32. The van der Waals surface area contributed by atoms with Gasteiger partial charge < -0.3 is 14.5 Å². The van der Waals surface area contributed by atoms with Crippen LogP contribution in [0.1, 0.15) is 10.4 Å². The van der Waals surface area contributed by atoms with E-state index in [0.29, 0.717) is 16.8 Å². The molecule has 0 saturated carbocycles. The molecular weight excluding hydrogens is 287 g/mol. The molecule has 0 aliphatic carbocycles. The Morgan fingerprint density at radius 3 is 2.59 bits per heavy atom. The van der Waals surface area contributed by atoms with Crippen LogP contribution in [-0.4, -0.2) is 30.2 Å². The van der Waals surface area contributed by atoms with Crippen LogP contribution in [0.4, 0.5) is 4.39 Å². The Hall–Kier alpha value is -2.89. The van der Waals surface area contributed by atoms with Crippen LogP contribution in [-0.2, 0) is 4.74 Å². The summed E-state index contributed by atoms with van der Waals surface area (Å²) in [5.41, 5.74) is 2.38. The number of hydrogen-bond donors (Lipinski definition) is 1. The van der Waals surface area contributed by atoms with Gasteiger partial charge in [0.05, 0.1) is 19.6 Å². The predicted octanol–water partition coefficient (Wildman–Crippen LogP) is 3.16. The predicted molar refractivity (Wildman–Crippen MR) is 79.4 cm³/mol. The summed E-state index contributed by atoms with van der Waals surface area (Å²) >= 11 is 0. The number of aromatic nitrogens is 2. The minimum Gasteiger partial charge on any atom is -0.495 e. The molecule has 3 rings (SSSR count). The first-order valence-corrected chi connectivity index (χ1v) is 6.54. The van der Waals surface area contributed by atoms with Crippen LogP contribution in [0.15, 0.2) is 36.5 Å². The van der Waals surface area contributed by atoms with Gasteiger partial charge in [0.15, 0.2) is 0 Å². The van der Waals surface area contributed by atoms with Crippen LogP contribution in [0.25, 0.3) is 22.3 Å². The van der Waals surface area contributed by atoms with E-state index in [1.165, 1.54) is 32.5 Å². The number of carbonyl (C=O) groups excluding carboxylic acids is 1. The summed E-state index contributed by atoms with van der Waals surface area (Å²) in [5, 5.41) is 0.657. The number of benzene rings is 1. The van der Waals surface area contributed by atoms with Crippen molar-refractivity contribution in [3.8, 4) is 17.0 Å². The number of esters is 1. The van der Waals surface area contributed by atoms with Crippen molar-refractivity contribution in [3.05, 3.63) is 47.9 Å². The number of halogens is 1. The number of ether oxygens (including phenoxy) is 2. The lowest BCUT2D eigenvalue weighted by molar-refractivity contribution is 0.0597. The number of nitrogens with one attached hydrogen (secondary N) is 1. The summed E-state index contributed by atoms with van der Waals surface area (Å²) in [5.74, 6) is -0.430. The number of nitrogens with zero attached hydrogens (tertiary/aromatic N) is 1. The molecule has 0 bridgehead atoms. The minimum atomic E-state index is -0.518. The molecule has 5 nitrogen and oxygen atoms in total. The van der Waals surface area contributed by atoms with Crippen molar-refractivity contribution in [1.82, 2.24) is 9.97 Å². The lowest BCUT2D eigenvalue weighted by Gasteiger charge is -2.06. The van der Waals surface area contributed by atoms with Gasteiger partial charge in [0, 0.05) is 11.9 Å². The minimum absolute atomic E-state index is 0.252. The summed E-state index contributed by atoms with van der Waals surface area (Å²) in [7, 11) is 2.78. The largest absolute Gasteiger partial charge is 0.495 e. The number of aromatic amines is 1. The van der Waals surface area contributed by atoms with Crippen molar-refractivity contribution in [2.45, 2.75) is 0 Å². The van der Waals surface area contributed by atoms with Crippen LogP contribution in [0.3, 0.4) is 0 Å². The topological polar surface area (TPSA) is 64.2 Å². The fourth-order valence-electron chi connectivity index (χ4n) is 2.31. The smallest absolute Gasteiger partial charge is 0.343 e. The van der Waals surface area contributed by atoms with Gasteiger partial charge in [-0.1, -0.05) is 0 Å². The molecule has 1 aromatic carbocycles. The molecule has 0 aliphatic heterocycles. The zero-order valence-corrected chi connectivity index (χ0v) is 12.0. The Balaban J connectivity index is 2.17. The zero-order chi connectivity index (χ0) is 15.7. The zero-order valence-electron chi connectivity index (χ0n) is 12.0. The summed E-state index contributed by atoms with van der Waals surface area (Å²) in [6.07, 6.45) is 1.40. The van der Waals surface area contributed by atoms with E-state index in [1.54, 1.807) is 18.2 Å². The standard InChI is InChI=1S/C16H13FN2O3/c1-21-14-11-7-13(9-3-5-10(17)6-4-9)19-15(11)18-8-12(14)16(20)22-2/h3-8H,1-2H3,(H,18,19). The van der Waals surface area contributed by atoms with Crippen molar-refractivity contribution in [3.63, 3.8) is 0 Å². The van der Waals surface area contributed by atoms with E-state index in [4.69, 9.17) is 9.47 Å². The molecular formula is C16H13FN2O3. The van der Waals surface area contributed by atoms with Gasteiger partial charge in [0.2, 0.25) is 0 Å². The molecule has 0 unspecified atom stereocenters. The Bertz CT molecular complexity index is 840. The van der Waals surface area contributed by atoms with E-state index in [2.05, 4.69) is 9.97 Å². The lowest BCUT2D eigenvalue weighted by Crippen LogP contribution is -2.05. The average molecular weight is 300 g/mol. The number of methoxy groups -OCH3 is 2. The van der Waals surface area contributed by atoms with E-state index in [-0.39, 0.29) is 11.4 Å². The molecule has 0 spiro atoms. The third-order valence-electron chi connectivity index (χ3n) is 3.37. The first kappa shape index (κ1) is 14.1. The number of fused-ring (bicyclic) bond motifs is 1. The molecule has 112 valence electrons. The summed E-state index contributed by atoms with van der Waals surface area (Å²) < 4.78 is 23.1.